The van der Waals surface area contributed by atoms with Crippen molar-refractivity contribution in [3.05, 3.63) is 41.8 Å². The first-order valence-corrected chi connectivity index (χ1v) is 10.5. The fourth-order valence-electron chi connectivity index (χ4n) is 3.62. The number of halogens is 1. The number of likely N-dealkylation sites (N-methyl/N-ethyl adjacent to an activating group) is 1. The molecule has 1 aliphatic heterocycles. The van der Waals surface area contributed by atoms with E-state index in [9.17, 15) is 0 Å². The summed E-state index contributed by atoms with van der Waals surface area (Å²) in [5, 5.41) is 6.76. The van der Waals surface area contributed by atoms with Crippen LogP contribution < -0.4 is 10.6 Å². The SMILES string of the molecule is CCNC(=NCC1CCCN1CC)NCCc1coc(-c2ccc(C)cc2)n1.I. The zero-order valence-corrected chi connectivity index (χ0v) is 20.1. The second kappa shape index (κ2) is 12.2. The van der Waals surface area contributed by atoms with Crippen LogP contribution >= 0.6 is 24.0 Å². The molecule has 7 heteroatoms. The van der Waals surface area contributed by atoms with Crippen LogP contribution in [-0.4, -0.2) is 54.6 Å². The zero-order valence-electron chi connectivity index (χ0n) is 17.8. The molecule has 2 N–H and O–H groups in total. The highest BCUT2D eigenvalue weighted by Gasteiger charge is 2.22. The third-order valence-corrected chi connectivity index (χ3v) is 5.23. The van der Waals surface area contributed by atoms with Gasteiger partial charge in [-0.15, -0.1) is 24.0 Å². The molecule has 1 unspecified atom stereocenters. The summed E-state index contributed by atoms with van der Waals surface area (Å²) < 4.78 is 5.64. The predicted octanol–water partition coefficient (Wildman–Crippen LogP) is 3.85. The number of oxazole rings is 1. The molecule has 1 atom stereocenters. The Balaban J connectivity index is 0.00000300. The second-order valence-electron chi connectivity index (χ2n) is 7.33. The molecular weight excluding hydrogens is 477 g/mol. The average molecular weight is 511 g/mol. The van der Waals surface area contributed by atoms with Gasteiger partial charge in [0.25, 0.3) is 0 Å². The Hall–Kier alpha value is -1.61. The van der Waals surface area contributed by atoms with Crippen molar-refractivity contribution in [3.8, 4) is 11.5 Å². The lowest BCUT2D eigenvalue weighted by Gasteiger charge is -2.21. The van der Waals surface area contributed by atoms with Crippen molar-refractivity contribution in [2.45, 2.75) is 46.1 Å². The van der Waals surface area contributed by atoms with Crippen molar-refractivity contribution >= 4 is 29.9 Å². The summed E-state index contributed by atoms with van der Waals surface area (Å²) in [5.74, 6) is 1.56. The van der Waals surface area contributed by atoms with E-state index in [4.69, 9.17) is 9.41 Å². The first-order valence-electron chi connectivity index (χ1n) is 10.5. The highest BCUT2D eigenvalue weighted by molar-refractivity contribution is 14.0. The van der Waals surface area contributed by atoms with E-state index in [2.05, 4.69) is 53.4 Å². The van der Waals surface area contributed by atoms with Crippen LogP contribution in [0.3, 0.4) is 0 Å². The van der Waals surface area contributed by atoms with E-state index in [1.807, 2.05) is 12.1 Å². The van der Waals surface area contributed by atoms with Gasteiger partial charge < -0.3 is 15.1 Å². The Morgan fingerprint density at radius 1 is 1.24 bits per heavy atom. The van der Waals surface area contributed by atoms with E-state index in [0.717, 1.165) is 49.8 Å². The van der Waals surface area contributed by atoms with Crippen LogP contribution in [-0.2, 0) is 6.42 Å². The van der Waals surface area contributed by atoms with Gasteiger partial charge in [-0.3, -0.25) is 9.89 Å². The number of guanidine groups is 1. The van der Waals surface area contributed by atoms with E-state index in [-0.39, 0.29) is 24.0 Å². The number of hydrogen-bond acceptors (Lipinski definition) is 4. The number of aryl methyl sites for hydroxylation is 1. The fourth-order valence-corrected chi connectivity index (χ4v) is 3.62. The molecule has 29 heavy (non-hydrogen) atoms. The van der Waals surface area contributed by atoms with Crippen LogP contribution in [0.1, 0.15) is 37.9 Å². The Labute approximate surface area is 191 Å². The van der Waals surface area contributed by atoms with Crippen LogP contribution in [0.15, 0.2) is 39.9 Å². The first-order chi connectivity index (χ1) is 13.7. The van der Waals surface area contributed by atoms with Gasteiger partial charge in [0.2, 0.25) is 5.89 Å². The number of hydrogen-bond donors (Lipinski definition) is 2. The quantitative estimate of drug-likeness (QED) is 0.320. The Kier molecular flexibility index (Phi) is 9.93. The van der Waals surface area contributed by atoms with E-state index in [0.29, 0.717) is 11.9 Å². The molecule has 2 heterocycles. The number of nitrogens with zero attached hydrogens (tertiary/aromatic N) is 3. The fraction of sp³-hybridized carbons (Fsp3) is 0.545. The van der Waals surface area contributed by atoms with Crippen molar-refractivity contribution in [2.24, 2.45) is 4.99 Å². The third kappa shape index (κ3) is 6.99. The molecule has 1 fully saturated rings. The number of likely N-dealkylation sites (tertiary alicyclic amines) is 1. The lowest BCUT2D eigenvalue weighted by atomic mass is 10.1. The van der Waals surface area contributed by atoms with E-state index < -0.39 is 0 Å². The number of aliphatic imine (C=N–C) groups is 1. The molecule has 3 rings (SSSR count). The highest BCUT2D eigenvalue weighted by Crippen LogP contribution is 2.19. The molecule has 1 aliphatic rings. The number of nitrogens with one attached hydrogen (secondary N) is 2. The summed E-state index contributed by atoms with van der Waals surface area (Å²) in [6, 6.07) is 8.81. The largest absolute Gasteiger partial charge is 0.444 e. The second-order valence-corrected chi connectivity index (χ2v) is 7.33. The molecule has 0 bridgehead atoms. The van der Waals surface area contributed by atoms with E-state index in [1.54, 1.807) is 6.26 Å². The van der Waals surface area contributed by atoms with Gasteiger partial charge in [-0.2, -0.15) is 0 Å². The standard InChI is InChI=1S/C22H33N5O.HI/c1-4-23-22(25-15-20-7-6-14-27(20)5-2)24-13-12-19-16-28-21(26-19)18-10-8-17(3)9-11-18;/h8-11,16,20H,4-7,12-15H2,1-3H3,(H2,23,24,25);1H. The van der Waals surface area contributed by atoms with Gasteiger partial charge in [-0.25, -0.2) is 4.98 Å². The summed E-state index contributed by atoms with van der Waals surface area (Å²) in [5.41, 5.74) is 3.19. The van der Waals surface area contributed by atoms with Gasteiger partial charge >= 0.3 is 0 Å². The molecule has 0 radical (unpaired) electrons. The average Bonchev–Trinajstić information content (AvgIpc) is 3.36. The van der Waals surface area contributed by atoms with E-state index in [1.165, 1.54) is 24.9 Å². The van der Waals surface area contributed by atoms with Crippen molar-refractivity contribution in [1.82, 2.24) is 20.5 Å². The number of benzene rings is 1. The summed E-state index contributed by atoms with van der Waals surface area (Å²) in [6.45, 7) is 11.2. The van der Waals surface area contributed by atoms with Crippen molar-refractivity contribution in [1.29, 1.82) is 0 Å². The maximum atomic E-state index is 5.64. The minimum atomic E-state index is 0. The first kappa shape index (κ1) is 23.7. The normalized spacial score (nSPS) is 17.2. The highest BCUT2D eigenvalue weighted by atomic mass is 127. The maximum absolute atomic E-state index is 5.64. The van der Waals surface area contributed by atoms with Crippen LogP contribution in [0.2, 0.25) is 0 Å². The third-order valence-electron chi connectivity index (χ3n) is 5.23. The van der Waals surface area contributed by atoms with Gasteiger partial charge in [0.15, 0.2) is 5.96 Å². The van der Waals surface area contributed by atoms with Crippen molar-refractivity contribution in [2.75, 3.05) is 32.7 Å². The summed E-state index contributed by atoms with van der Waals surface area (Å²) >= 11 is 0. The van der Waals surface area contributed by atoms with Gasteiger partial charge in [0.05, 0.1) is 12.2 Å². The Morgan fingerprint density at radius 2 is 2.03 bits per heavy atom. The molecule has 6 nitrogen and oxygen atoms in total. The monoisotopic (exact) mass is 511 g/mol. The van der Waals surface area contributed by atoms with Crippen LogP contribution in [0, 0.1) is 6.92 Å². The minimum absolute atomic E-state index is 0. The smallest absolute Gasteiger partial charge is 0.226 e. The number of rotatable bonds is 8. The molecule has 0 spiro atoms. The molecule has 160 valence electrons. The molecule has 2 aromatic rings. The van der Waals surface area contributed by atoms with Gasteiger partial charge in [-0.1, -0.05) is 24.6 Å². The van der Waals surface area contributed by atoms with Gasteiger partial charge in [-0.05, 0) is 51.9 Å². The van der Waals surface area contributed by atoms with E-state index >= 15 is 0 Å². The molecule has 0 amide bonds. The lowest BCUT2D eigenvalue weighted by Crippen LogP contribution is -2.40. The summed E-state index contributed by atoms with van der Waals surface area (Å²) in [4.78, 5) is 11.9. The molecule has 0 saturated carbocycles. The lowest BCUT2D eigenvalue weighted by molar-refractivity contribution is 0.273. The minimum Gasteiger partial charge on any atom is -0.444 e. The molecule has 1 saturated heterocycles. The Bertz CT molecular complexity index is 759. The maximum Gasteiger partial charge on any atom is 0.226 e. The summed E-state index contributed by atoms with van der Waals surface area (Å²) in [7, 11) is 0. The van der Waals surface area contributed by atoms with Crippen LogP contribution in [0.5, 0.6) is 0 Å². The van der Waals surface area contributed by atoms with Gasteiger partial charge in [0, 0.05) is 31.1 Å². The molecule has 1 aromatic heterocycles. The van der Waals surface area contributed by atoms with Crippen LogP contribution in [0.4, 0.5) is 0 Å². The van der Waals surface area contributed by atoms with Gasteiger partial charge in [0.1, 0.15) is 6.26 Å². The topological polar surface area (TPSA) is 65.7 Å². The molecular formula is C22H34IN5O. The summed E-state index contributed by atoms with van der Waals surface area (Å²) in [6.07, 6.45) is 5.08. The zero-order chi connectivity index (χ0) is 19.8. The Morgan fingerprint density at radius 3 is 2.76 bits per heavy atom. The molecule has 1 aromatic carbocycles. The number of aromatic nitrogens is 1. The molecule has 0 aliphatic carbocycles. The van der Waals surface area contributed by atoms with Crippen molar-refractivity contribution in [3.63, 3.8) is 0 Å². The van der Waals surface area contributed by atoms with Crippen molar-refractivity contribution < 1.29 is 4.42 Å². The predicted molar refractivity (Wildman–Crippen MR) is 130 cm³/mol. The van der Waals surface area contributed by atoms with Crippen LogP contribution in [0.25, 0.3) is 11.5 Å².